The van der Waals surface area contributed by atoms with E-state index in [1.807, 2.05) is 6.92 Å². The highest BCUT2D eigenvalue weighted by Crippen LogP contribution is 2.29. The Morgan fingerprint density at radius 2 is 1.67 bits per heavy atom. The largest absolute Gasteiger partial charge is 0.494 e. The van der Waals surface area contributed by atoms with Gasteiger partial charge in [0.25, 0.3) is 5.91 Å². The van der Waals surface area contributed by atoms with Gasteiger partial charge in [0.2, 0.25) is 5.91 Å². The smallest absolute Gasteiger partial charge is 0.253 e. The van der Waals surface area contributed by atoms with Gasteiger partial charge < -0.3 is 15.4 Å². The number of halogens is 4. The number of carbonyl (C=O) groups excluding carboxylic acids is 2. The van der Waals surface area contributed by atoms with E-state index in [4.69, 9.17) is 51.1 Å². The Balaban J connectivity index is 1.51. The first-order valence-electron chi connectivity index (χ1n) is 11.5. The summed E-state index contributed by atoms with van der Waals surface area (Å²) in [6.45, 7) is 2.47. The third kappa shape index (κ3) is 7.58. The molecule has 1 heterocycles. The standard InChI is InChI=1S/C26H21Cl4N5O3S/c1-2-38-18-7-4-16(5-8-18)32-24(36)14-39-26-34-33-23(35(26)17-6-10-21(29)22(30)12-17)13-31-25(37)19-11-15(27)3-9-20(19)28/h3-12H,2,13-14H2,1H3,(H,31,37)(H,32,36). The average molecular weight is 625 g/mol. The minimum atomic E-state index is -0.435. The molecule has 2 N–H and O–H groups in total. The van der Waals surface area contributed by atoms with Crippen molar-refractivity contribution in [2.45, 2.75) is 18.6 Å². The highest BCUT2D eigenvalue weighted by molar-refractivity contribution is 7.99. The molecule has 0 aliphatic heterocycles. The van der Waals surface area contributed by atoms with Gasteiger partial charge in [0.1, 0.15) is 5.75 Å². The maximum absolute atomic E-state index is 12.8. The number of aromatic nitrogens is 3. The van der Waals surface area contributed by atoms with Crippen LogP contribution in [0.4, 0.5) is 5.69 Å². The number of nitrogens with one attached hydrogen (secondary N) is 2. The van der Waals surface area contributed by atoms with Gasteiger partial charge in [-0.05, 0) is 67.6 Å². The molecule has 0 radical (unpaired) electrons. The second-order valence-corrected chi connectivity index (χ2v) is 10.5. The Labute approximate surface area is 248 Å². The van der Waals surface area contributed by atoms with Crippen molar-refractivity contribution in [1.29, 1.82) is 0 Å². The molecule has 0 bridgehead atoms. The molecule has 0 saturated heterocycles. The van der Waals surface area contributed by atoms with Gasteiger partial charge >= 0.3 is 0 Å². The summed E-state index contributed by atoms with van der Waals surface area (Å²) in [4.78, 5) is 25.4. The van der Waals surface area contributed by atoms with Crippen LogP contribution < -0.4 is 15.4 Å². The lowest BCUT2D eigenvalue weighted by Crippen LogP contribution is -2.25. The molecule has 4 rings (SSSR count). The van der Waals surface area contributed by atoms with Crippen LogP contribution in [-0.2, 0) is 11.3 Å². The van der Waals surface area contributed by atoms with Crippen LogP contribution >= 0.6 is 58.2 Å². The van der Waals surface area contributed by atoms with Crippen molar-refractivity contribution in [2.24, 2.45) is 0 Å². The van der Waals surface area contributed by atoms with E-state index in [2.05, 4.69) is 20.8 Å². The number of ether oxygens (including phenoxy) is 1. The molecule has 0 aliphatic carbocycles. The van der Waals surface area contributed by atoms with Crippen molar-refractivity contribution >= 4 is 75.7 Å². The van der Waals surface area contributed by atoms with E-state index in [0.717, 1.165) is 5.75 Å². The normalized spacial score (nSPS) is 10.8. The summed E-state index contributed by atoms with van der Waals surface area (Å²) in [5.74, 6) is 0.497. The Morgan fingerprint density at radius 1 is 0.923 bits per heavy atom. The molecule has 0 atom stereocenters. The molecule has 13 heteroatoms. The molecule has 0 saturated carbocycles. The fourth-order valence-corrected chi connectivity index (χ4v) is 4.88. The van der Waals surface area contributed by atoms with Crippen molar-refractivity contribution < 1.29 is 14.3 Å². The van der Waals surface area contributed by atoms with E-state index in [0.29, 0.717) is 44.0 Å². The molecule has 8 nitrogen and oxygen atoms in total. The van der Waals surface area contributed by atoms with Crippen molar-refractivity contribution in [2.75, 3.05) is 17.7 Å². The van der Waals surface area contributed by atoms with Gasteiger partial charge in [-0.3, -0.25) is 14.2 Å². The average Bonchev–Trinajstić information content (AvgIpc) is 3.33. The highest BCUT2D eigenvalue weighted by atomic mass is 35.5. The summed E-state index contributed by atoms with van der Waals surface area (Å²) >= 11 is 25.7. The molecule has 0 aliphatic rings. The molecular formula is C26H21Cl4N5O3S. The van der Waals surface area contributed by atoms with Crippen molar-refractivity contribution in [3.63, 3.8) is 0 Å². The molecule has 0 unspecified atom stereocenters. The fraction of sp³-hybridized carbons (Fsp3) is 0.154. The van der Waals surface area contributed by atoms with Gasteiger partial charge in [0.15, 0.2) is 11.0 Å². The summed E-state index contributed by atoms with van der Waals surface area (Å²) in [6.07, 6.45) is 0. The number of hydrogen-bond acceptors (Lipinski definition) is 6. The minimum absolute atomic E-state index is 0.00779. The quantitative estimate of drug-likeness (QED) is 0.185. The SMILES string of the molecule is CCOc1ccc(NC(=O)CSc2nnc(CNC(=O)c3cc(Cl)ccc3Cl)n2-c2ccc(Cl)c(Cl)c2)cc1. The number of benzene rings is 3. The van der Waals surface area contributed by atoms with Crippen LogP contribution in [0.25, 0.3) is 5.69 Å². The zero-order chi connectivity index (χ0) is 27.9. The number of amides is 2. The predicted molar refractivity (Wildman–Crippen MR) is 156 cm³/mol. The van der Waals surface area contributed by atoms with E-state index in [-0.39, 0.29) is 28.8 Å². The van der Waals surface area contributed by atoms with Gasteiger partial charge in [0, 0.05) is 10.7 Å². The third-order valence-electron chi connectivity index (χ3n) is 5.22. The number of anilines is 1. The van der Waals surface area contributed by atoms with Gasteiger partial charge in [0.05, 0.1) is 45.2 Å². The zero-order valence-corrected chi connectivity index (χ0v) is 24.2. The topological polar surface area (TPSA) is 98.1 Å². The second-order valence-electron chi connectivity index (χ2n) is 7.93. The maximum Gasteiger partial charge on any atom is 0.253 e. The zero-order valence-electron chi connectivity index (χ0n) is 20.4. The van der Waals surface area contributed by atoms with Gasteiger partial charge in [-0.25, -0.2) is 0 Å². The fourth-order valence-electron chi connectivity index (χ4n) is 3.45. The molecule has 3 aromatic carbocycles. The Kier molecular flexibility index (Phi) is 9.99. The van der Waals surface area contributed by atoms with E-state index in [1.54, 1.807) is 59.2 Å². The second kappa shape index (κ2) is 13.4. The number of rotatable bonds is 10. The number of thioether (sulfide) groups is 1. The summed E-state index contributed by atoms with van der Waals surface area (Å²) in [7, 11) is 0. The molecule has 202 valence electrons. The molecule has 0 spiro atoms. The summed E-state index contributed by atoms with van der Waals surface area (Å²) in [5.41, 5.74) is 1.47. The van der Waals surface area contributed by atoms with Crippen LogP contribution in [0, 0.1) is 0 Å². The van der Waals surface area contributed by atoms with E-state index in [1.165, 1.54) is 17.8 Å². The van der Waals surface area contributed by atoms with Crippen LogP contribution in [0.15, 0.2) is 65.8 Å². The van der Waals surface area contributed by atoms with E-state index in [9.17, 15) is 9.59 Å². The molecule has 0 fully saturated rings. The van der Waals surface area contributed by atoms with Gasteiger partial charge in [-0.15, -0.1) is 10.2 Å². The Bertz CT molecular complexity index is 1500. The predicted octanol–water partition coefficient (Wildman–Crippen LogP) is 6.94. The summed E-state index contributed by atoms with van der Waals surface area (Å²) in [6, 6.07) is 16.7. The lowest BCUT2D eigenvalue weighted by atomic mass is 10.2. The lowest BCUT2D eigenvalue weighted by molar-refractivity contribution is -0.113. The van der Waals surface area contributed by atoms with Gasteiger partial charge in [-0.1, -0.05) is 58.2 Å². The first kappa shape index (κ1) is 29.0. The van der Waals surface area contributed by atoms with Crippen LogP contribution in [-0.4, -0.2) is 38.9 Å². The molecule has 39 heavy (non-hydrogen) atoms. The number of carbonyl (C=O) groups is 2. The van der Waals surface area contributed by atoms with E-state index >= 15 is 0 Å². The molecule has 4 aromatic rings. The highest BCUT2D eigenvalue weighted by Gasteiger charge is 2.19. The Hall–Kier alpha value is -2.95. The lowest BCUT2D eigenvalue weighted by Gasteiger charge is -2.12. The van der Waals surface area contributed by atoms with Crippen molar-refractivity contribution in [3.8, 4) is 11.4 Å². The first-order valence-corrected chi connectivity index (χ1v) is 14.0. The molecule has 2 amide bonds. The maximum atomic E-state index is 12.8. The van der Waals surface area contributed by atoms with Crippen LogP contribution in [0.5, 0.6) is 5.75 Å². The molecular weight excluding hydrogens is 604 g/mol. The molecule has 1 aromatic heterocycles. The van der Waals surface area contributed by atoms with Crippen LogP contribution in [0.2, 0.25) is 20.1 Å². The van der Waals surface area contributed by atoms with Crippen LogP contribution in [0.1, 0.15) is 23.1 Å². The Morgan fingerprint density at radius 3 is 2.38 bits per heavy atom. The van der Waals surface area contributed by atoms with Gasteiger partial charge in [-0.2, -0.15) is 0 Å². The number of nitrogens with zero attached hydrogens (tertiary/aromatic N) is 3. The first-order chi connectivity index (χ1) is 18.7. The van der Waals surface area contributed by atoms with Crippen molar-refractivity contribution in [3.05, 3.63) is 92.1 Å². The summed E-state index contributed by atoms with van der Waals surface area (Å²) in [5, 5.41) is 15.9. The van der Waals surface area contributed by atoms with Crippen LogP contribution in [0.3, 0.4) is 0 Å². The monoisotopic (exact) mass is 623 g/mol. The summed E-state index contributed by atoms with van der Waals surface area (Å²) < 4.78 is 7.12. The van der Waals surface area contributed by atoms with E-state index < -0.39 is 5.91 Å². The number of hydrogen-bond donors (Lipinski definition) is 2. The van der Waals surface area contributed by atoms with Crippen molar-refractivity contribution in [1.82, 2.24) is 20.1 Å². The minimum Gasteiger partial charge on any atom is -0.494 e. The third-order valence-corrected chi connectivity index (χ3v) is 7.46.